The molecule has 4 nitrogen and oxygen atoms in total. The van der Waals surface area contributed by atoms with Crippen LogP contribution >= 0.6 is 0 Å². The van der Waals surface area contributed by atoms with Gasteiger partial charge in [-0.15, -0.1) is 0 Å². The fraction of sp³-hybridized carbons (Fsp3) is 0.667. The number of rotatable bonds is 5. The zero-order valence-electron chi connectivity index (χ0n) is 10.3. The van der Waals surface area contributed by atoms with Crippen molar-refractivity contribution in [2.45, 2.75) is 39.2 Å². The largest absolute Gasteiger partial charge is 0.357 e. The lowest BCUT2D eigenvalue weighted by molar-refractivity contribution is 0.748. The van der Waals surface area contributed by atoms with Gasteiger partial charge in [-0.3, -0.25) is 0 Å². The van der Waals surface area contributed by atoms with Gasteiger partial charge in [0.25, 0.3) is 0 Å². The van der Waals surface area contributed by atoms with Crippen LogP contribution in [0.25, 0.3) is 0 Å². The second kappa shape index (κ2) is 4.68. The Morgan fingerprint density at radius 2 is 2.19 bits per heavy atom. The molecule has 2 rings (SSSR count). The van der Waals surface area contributed by atoms with Crippen LogP contribution in [0, 0.1) is 6.92 Å². The second-order valence-electron chi connectivity index (χ2n) is 4.37. The maximum Gasteiger partial charge on any atom is 0.224 e. The normalized spacial score (nSPS) is 14.9. The molecule has 0 radical (unpaired) electrons. The molecule has 4 heteroatoms. The molecule has 0 bridgehead atoms. The summed E-state index contributed by atoms with van der Waals surface area (Å²) in [4.78, 5) is 11.3. The van der Waals surface area contributed by atoms with E-state index in [9.17, 15) is 0 Å². The highest BCUT2D eigenvalue weighted by Gasteiger charge is 2.29. The van der Waals surface area contributed by atoms with Crippen molar-refractivity contribution in [2.24, 2.45) is 0 Å². The van der Waals surface area contributed by atoms with Crippen LogP contribution in [0.3, 0.4) is 0 Å². The molecule has 0 spiro atoms. The van der Waals surface area contributed by atoms with E-state index < -0.39 is 0 Å². The first-order chi connectivity index (χ1) is 7.74. The van der Waals surface area contributed by atoms with Gasteiger partial charge < -0.3 is 10.2 Å². The second-order valence-corrected chi connectivity index (χ2v) is 4.37. The molecule has 0 amide bonds. The van der Waals surface area contributed by atoms with Crippen molar-refractivity contribution in [3.63, 3.8) is 0 Å². The average molecular weight is 220 g/mol. The van der Waals surface area contributed by atoms with Gasteiger partial charge in [-0.25, -0.2) is 4.98 Å². The third-order valence-electron chi connectivity index (χ3n) is 2.81. The summed E-state index contributed by atoms with van der Waals surface area (Å²) < 4.78 is 0. The molecule has 1 heterocycles. The smallest absolute Gasteiger partial charge is 0.224 e. The Balaban J connectivity index is 2.25. The van der Waals surface area contributed by atoms with Crippen molar-refractivity contribution < 1.29 is 0 Å². The molecule has 1 aliphatic carbocycles. The van der Waals surface area contributed by atoms with Gasteiger partial charge in [-0.1, -0.05) is 6.92 Å². The predicted octanol–water partition coefficient (Wildman–Crippen LogP) is 2.21. The highest BCUT2D eigenvalue weighted by atomic mass is 15.3. The number of hydrogen-bond acceptors (Lipinski definition) is 4. The Bertz CT molecular complexity index is 360. The molecular weight excluding hydrogens is 200 g/mol. The van der Waals surface area contributed by atoms with E-state index in [1.54, 1.807) is 0 Å². The van der Waals surface area contributed by atoms with Crippen LogP contribution < -0.4 is 10.2 Å². The molecule has 0 saturated heterocycles. The van der Waals surface area contributed by atoms with Crippen LogP contribution in [-0.2, 0) is 0 Å². The van der Waals surface area contributed by atoms with Crippen molar-refractivity contribution in [3.05, 3.63) is 11.8 Å². The molecule has 88 valence electrons. The minimum atomic E-state index is 0.707. The van der Waals surface area contributed by atoms with Gasteiger partial charge in [0.2, 0.25) is 5.95 Å². The molecule has 16 heavy (non-hydrogen) atoms. The molecule has 0 aliphatic heterocycles. The summed E-state index contributed by atoms with van der Waals surface area (Å²) in [5, 5.41) is 3.02. The Labute approximate surface area is 97.1 Å². The molecular formula is C12H20N4. The summed E-state index contributed by atoms with van der Waals surface area (Å²) in [5.41, 5.74) is 1.02. The van der Waals surface area contributed by atoms with Gasteiger partial charge in [0.05, 0.1) is 0 Å². The highest BCUT2D eigenvalue weighted by Crippen LogP contribution is 2.31. The highest BCUT2D eigenvalue weighted by molar-refractivity contribution is 5.46. The first-order valence-corrected chi connectivity index (χ1v) is 6.04. The zero-order chi connectivity index (χ0) is 11.5. The van der Waals surface area contributed by atoms with Crippen molar-refractivity contribution in [3.8, 4) is 0 Å². The van der Waals surface area contributed by atoms with Crippen LogP contribution in [0.15, 0.2) is 6.07 Å². The molecule has 1 aliphatic rings. The number of anilines is 2. The van der Waals surface area contributed by atoms with Crippen LogP contribution in [0.4, 0.5) is 11.8 Å². The van der Waals surface area contributed by atoms with Gasteiger partial charge in [-0.2, -0.15) is 4.98 Å². The van der Waals surface area contributed by atoms with Crippen LogP contribution in [0.5, 0.6) is 0 Å². The molecule has 1 aromatic heterocycles. The SMILES string of the molecule is CCCN(c1cc(C)nc(NC)n1)C1CC1. The maximum absolute atomic E-state index is 4.54. The van der Waals surface area contributed by atoms with E-state index >= 15 is 0 Å². The van der Waals surface area contributed by atoms with Crippen LogP contribution in [0.1, 0.15) is 31.9 Å². The topological polar surface area (TPSA) is 41.1 Å². The zero-order valence-corrected chi connectivity index (χ0v) is 10.3. The summed E-state index contributed by atoms with van der Waals surface area (Å²) >= 11 is 0. The minimum absolute atomic E-state index is 0.707. The summed E-state index contributed by atoms with van der Waals surface area (Å²) in [5.74, 6) is 1.79. The number of nitrogens with one attached hydrogen (secondary N) is 1. The third-order valence-corrected chi connectivity index (χ3v) is 2.81. The van der Waals surface area contributed by atoms with Crippen LogP contribution in [-0.4, -0.2) is 29.6 Å². The van der Waals surface area contributed by atoms with E-state index in [1.165, 1.54) is 12.8 Å². The molecule has 0 aromatic carbocycles. The van der Waals surface area contributed by atoms with Gasteiger partial charge >= 0.3 is 0 Å². The average Bonchev–Trinajstić information content (AvgIpc) is 3.08. The van der Waals surface area contributed by atoms with Crippen molar-refractivity contribution >= 4 is 11.8 Å². The number of aromatic nitrogens is 2. The van der Waals surface area contributed by atoms with Gasteiger partial charge in [0.15, 0.2) is 0 Å². The van der Waals surface area contributed by atoms with Crippen molar-refractivity contribution in [2.75, 3.05) is 23.8 Å². The maximum atomic E-state index is 4.54. The minimum Gasteiger partial charge on any atom is -0.357 e. The summed E-state index contributed by atoms with van der Waals surface area (Å²) in [6.45, 7) is 5.32. The van der Waals surface area contributed by atoms with Crippen LogP contribution in [0.2, 0.25) is 0 Å². The molecule has 0 atom stereocenters. The van der Waals surface area contributed by atoms with Gasteiger partial charge in [0.1, 0.15) is 5.82 Å². The number of hydrogen-bond donors (Lipinski definition) is 1. The Kier molecular flexibility index (Phi) is 3.27. The molecule has 1 saturated carbocycles. The van der Waals surface area contributed by atoms with E-state index in [1.807, 2.05) is 14.0 Å². The third kappa shape index (κ3) is 2.43. The van der Waals surface area contributed by atoms with Crippen molar-refractivity contribution in [1.29, 1.82) is 0 Å². The number of nitrogens with zero attached hydrogens (tertiary/aromatic N) is 3. The first-order valence-electron chi connectivity index (χ1n) is 6.04. The lowest BCUT2D eigenvalue weighted by atomic mass is 10.3. The van der Waals surface area contributed by atoms with Crippen molar-refractivity contribution in [1.82, 2.24) is 9.97 Å². The monoisotopic (exact) mass is 220 g/mol. The molecule has 1 N–H and O–H groups in total. The van der Waals surface area contributed by atoms with E-state index in [4.69, 9.17) is 0 Å². The molecule has 1 aromatic rings. The predicted molar refractivity (Wildman–Crippen MR) is 67.0 cm³/mol. The van der Waals surface area contributed by atoms with E-state index in [0.717, 1.165) is 30.4 Å². The molecule has 0 unspecified atom stereocenters. The molecule has 1 fully saturated rings. The fourth-order valence-corrected chi connectivity index (χ4v) is 1.92. The lowest BCUT2D eigenvalue weighted by Crippen LogP contribution is -2.27. The lowest BCUT2D eigenvalue weighted by Gasteiger charge is -2.23. The van der Waals surface area contributed by atoms with E-state index in [2.05, 4.69) is 33.2 Å². The summed E-state index contributed by atoms with van der Waals surface area (Å²) in [7, 11) is 1.86. The Morgan fingerprint density at radius 1 is 1.44 bits per heavy atom. The number of aryl methyl sites for hydroxylation is 1. The fourth-order valence-electron chi connectivity index (χ4n) is 1.92. The van der Waals surface area contributed by atoms with E-state index in [0.29, 0.717) is 6.04 Å². The Hall–Kier alpha value is -1.32. The van der Waals surface area contributed by atoms with E-state index in [-0.39, 0.29) is 0 Å². The van der Waals surface area contributed by atoms with Gasteiger partial charge in [0, 0.05) is 31.4 Å². The summed E-state index contributed by atoms with van der Waals surface area (Å²) in [6.07, 6.45) is 3.77. The summed E-state index contributed by atoms with van der Waals surface area (Å²) in [6, 6.07) is 2.79. The quantitative estimate of drug-likeness (QED) is 0.826. The first kappa shape index (κ1) is 11.2. The van der Waals surface area contributed by atoms with Gasteiger partial charge in [-0.05, 0) is 26.2 Å². The standard InChI is InChI=1S/C12H20N4/c1-4-7-16(10-5-6-10)11-8-9(2)14-12(13-3)15-11/h8,10H,4-7H2,1-3H3,(H,13,14,15). The Morgan fingerprint density at radius 3 is 2.75 bits per heavy atom.